The Morgan fingerprint density at radius 1 is 1.16 bits per heavy atom. The highest BCUT2D eigenvalue weighted by molar-refractivity contribution is 7.91. The van der Waals surface area contributed by atoms with Crippen LogP contribution in [-0.4, -0.2) is 45.0 Å². The molecule has 0 aliphatic heterocycles. The second-order valence-electron chi connectivity index (χ2n) is 6.95. The lowest BCUT2D eigenvalue weighted by Crippen LogP contribution is -2.20. The molecule has 0 aliphatic carbocycles. The average molecular weight is 463 g/mol. The quantitative estimate of drug-likeness (QED) is 0.455. The molecule has 0 unspecified atom stereocenters. The largest absolute Gasteiger partial charge is 0.497 e. The lowest BCUT2D eigenvalue weighted by molar-refractivity contribution is -0.117. The molecule has 0 radical (unpaired) electrons. The Hall–Kier alpha value is -2.49. The molecular weight excluding hydrogens is 436 g/mol. The topological polar surface area (TPSA) is 87.0 Å². The normalized spacial score (nSPS) is 12.4. The smallest absolute Gasteiger partial charge is 0.249 e. The van der Waals surface area contributed by atoms with Crippen molar-refractivity contribution in [2.45, 2.75) is 31.7 Å². The molecule has 0 fully saturated rings. The minimum absolute atomic E-state index is 0.158. The Bertz CT molecular complexity index is 1230. The maximum Gasteiger partial charge on any atom is 0.249 e. The number of carbonyl (C=O) groups excluding carboxylic acids is 1. The van der Waals surface area contributed by atoms with Crippen LogP contribution < -0.4 is 9.54 Å². The number of amides is 1. The van der Waals surface area contributed by atoms with Gasteiger partial charge in [-0.25, -0.2) is 8.42 Å². The summed E-state index contributed by atoms with van der Waals surface area (Å²) in [6.07, 6.45) is -0.187. The van der Waals surface area contributed by atoms with Crippen LogP contribution in [0.25, 0.3) is 10.2 Å². The van der Waals surface area contributed by atoms with Crippen molar-refractivity contribution < 1.29 is 22.7 Å². The summed E-state index contributed by atoms with van der Waals surface area (Å²) >= 11 is 1.41. The summed E-state index contributed by atoms with van der Waals surface area (Å²) in [6.45, 7) is 5.61. The fourth-order valence-electron chi connectivity index (χ4n) is 3.07. The van der Waals surface area contributed by atoms with Gasteiger partial charge in [0.25, 0.3) is 0 Å². The van der Waals surface area contributed by atoms with E-state index in [4.69, 9.17) is 9.47 Å². The Labute approximate surface area is 185 Å². The first-order valence-corrected chi connectivity index (χ1v) is 12.4. The second kappa shape index (κ2) is 10.2. The van der Waals surface area contributed by atoms with Crippen molar-refractivity contribution in [3.63, 3.8) is 0 Å². The number of hydrogen-bond acceptors (Lipinski definition) is 6. The van der Waals surface area contributed by atoms with Crippen molar-refractivity contribution >= 4 is 37.3 Å². The third-order valence-corrected chi connectivity index (χ3v) is 7.50. The highest BCUT2D eigenvalue weighted by Crippen LogP contribution is 2.20. The second-order valence-corrected chi connectivity index (χ2v) is 10.1. The standard InChI is InChI=1S/C22H26N2O5S2/c1-4-29-13-12-24-19-10-5-16(2)15-20(19)30-22(24)23-21(25)11-14-31(26,27)18-8-6-17(28-3)7-9-18/h5-10,15H,4,11-14H2,1-3H3. The number of nitrogens with zero attached hydrogens (tertiary/aromatic N) is 2. The lowest BCUT2D eigenvalue weighted by Gasteiger charge is -2.06. The molecule has 0 N–H and O–H groups in total. The highest BCUT2D eigenvalue weighted by atomic mass is 32.2. The molecule has 1 aromatic heterocycles. The summed E-state index contributed by atoms with van der Waals surface area (Å²) in [5.74, 6) is -0.197. The predicted octanol–water partition coefficient (Wildman–Crippen LogP) is 3.35. The number of aryl methyl sites for hydroxylation is 1. The monoisotopic (exact) mass is 462 g/mol. The average Bonchev–Trinajstić information content (AvgIpc) is 3.08. The molecule has 31 heavy (non-hydrogen) atoms. The number of hydrogen-bond donors (Lipinski definition) is 0. The molecule has 0 saturated carbocycles. The van der Waals surface area contributed by atoms with Crippen LogP contribution in [0.2, 0.25) is 0 Å². The van der Waals surface area contributed by atoms with Crippen molar-refractivity contribution in [2.24, 2.45) is 4.99 Å². The number of sulfone groups is 1. The summed E-state index contributed by atoms with van der Waals surface area (Å²) < 4.78 is 38.6. The zero-order chi connectivity index (χ0) is 22.4. The summed E-state index contributed by atoms with van der Waals surface area (Å²) in [5.41, 5.74) is 2.10. The molecular formula is C22H26N2O5S2. The molecule has 0 atom stereocenters. The maximum absolute atomic E-state index is 12.6. The van der Waals surface area contributed by atoms with Gasteiger partial charge in [-0.2, -0.15) is 4.99 Å². The number of ether oxygens (including phenoxy) is 2. The molecule has 7 nitrogen and oxygen atoms in total. The number of fused-ring (bicyclic) bond motifs is 1. The van der Waals surface area contributed by atoms with Gasteiger partial charge in [-0.1, -0.05) is 17.4 Å². The Kier molecular flexibility index (Phi) is 7.64. The minimum Gasteiger partial charge on any atom is -0.497 e. The van der Waals surface area contributed by atoms with E-state index in [1.54, 1.807) is 12.1 Å². The van der Waals surface area contributed by atoms with Crippen molar-refractivity contribution in [3.8, 4) is 5.75 Å². The molecule has 3 rings (SSSR count). The third-order valence-electron chi connectivity index (χ3n) is 4.73. The molecule has 0 spiro atoms. The molecule has 0 aliphatic rings. The fourth-order valence-corrected chi connectivity index (χ4v) is 5.47. The molecule has 0 bridgehead atoms. The zero-order valence-corrected chi connectivity index (χ0v) is 19.5. The number of carbonyl (C=O) groups is 1. The number of benzene rings is 2. The van der Waals surface area contributed by atoms with E-state index in [1.807, 2.05) is 30.5 Å². The molecule has 0 saturated heterocycles. The first-order chi connectivity index (χ1) is 14.8. The van der Waals surface area contributed by atoms with E-state index in [-0.39, 0.29) is 17.1 Å². The van der Waals surface area contributed by atoms with Gasteiger partial charge in [-0.15, -0.1) is 0 Å². The van der Waals surface area contributed by atoms with Crippen molar-refractivity contribution in [1.82, 2.24) is 4.57 Å². The van der Waals surface area contributed by atoms with Crippen LogP contribution in [0, 0.1) is 6.92 Å². The zero-order valence-electron chi connectivity index (χ0n) is 17.8. The minimum atomic E-state index is -3.59. The van der Waals surface area contributed by atoms with Gasteiger partial charge in [-0.05, 0) is 55.8 Å². The maximum atomic E-state index is 12.6. The van der Waals surface area contributed by atoms with E-state index in [0.29, 0.717) is 30.3 Å². The van der Waals surface area contributed by atoms with Crippen molar-refractivity contribution in [1.29, 1.82) is 0 Å². The highest BCUT2D eigenvalue weighted by Gasteiger charge is 2.17. The van der Waals surface area contributed by atoms with Gasteiger partial charge < -0.3 is 14.0 Å². The van der Waals surface area contributed by atoms with Gasteiger partial charge in [0.1, 0.15) is 5.75 Å². The van der Waals surface area contributed by atoms with E-state index in [0.717, 1.165) is 15.8 Å². The van der Waals surface area contributed by atoms with Crippen molar-refractivity contribution in [2.75, 3.05) is 26.1 Å². The molecule has 2 aromatic carbocycles. The first-order valence-electron chi connectivity index (χ1n) is 9.96. The Morgan fingerprint density at radius 3 is 2.58 bits per heavy atom. The fraction of sp³-hybridized carbons (Fsp3) is 0.364. The van der Waals surface area contributed by atoms with E-state index >= 15 is 0 Å². The van der Waals surface area contributed by atoms with Gasteiger partial charge in [-0.3, -0.25) is 4.79 Å². The first kappa shape index (κ1) is 23.2. The van der Waals surface area contributed by atoms with Crippen molar-refractivity contribution in [3.05, 3.63) is 52.8 Å². The third kappa shape index (κ3) is 5.81. The summed E-state index contributed by atoms with van der Waals surface area (Å²) in [4.78, 5) is 17.5. The summed E-state index contributed by atoms with van der Waals surface area (Å²) in [5, 5.41) is 0. The van der Waals surface area contributed by atoms with Gasteiger partial charge >= 0.3 is 0 Å². The predicted molar refractivity (Wildman–Crippen MR) is 121 cm³/mol. The van der Waals surface area contributed by atoms with Crippen LogP contribution in [0.3, 0.4) is 0 Å². The number of thiazole rings is 1. The summed E-state index contributed by atoms with van der Waals surface area (Å²) in [7, 11) is -2.08. The van der Waals surface area contributed by atoms with E-state index in [1.165, 1.54) is 30.6 Å². The number of methoxy groups -OCH3 is 1. The van der Waals surface area contributed by atoms with E-state index < -0.39 is 15.7 Å². The Morgan fingerprint density at radius 2 is 1.90 bits per heavy atom. The molecule has 166 valence electrons. The van der Waals surface area contributed by atoms with E-state index in [9.17, 15) is 13.2 Å². The molecule has 9 heteroatoms. The van der Waals surface area contributed by atoms with Crippen LogP contribution in [-0.2, 0) is 25.9 Å². The van der Waals surface area contributed by atoms with Crippen LogP contribution in [0.1, 0.15) is 18.9 Å². The molecule has 1 amide bonds. The Balaban J connectivity index is 1.81. The van der Waals surface area contributed by atoms with Gasteiger partial charge in [0, 0.05) is 19.6 Å². The SMILES string of the molecule is CCOCCn1c(=NC(=O)CCS(=O)(=O)c2ccc(OC)cc2)sc2cc(C)ccc21. The molecule has 3 aromatic rings. The van der Waals surface area contributed by atoms with Gasteiger partial charge in [0.15, 0.2) is 14.6 Å². The van der Waals surface area contributed by atoms with Crippen LogP contribution in [0.5, 0.6) is 5.75 Å². The van der Waals surface area contributed by atoms with E-state index in [2.05, 4.69) is 11.1 Å². The van der Waals surface area contributed by atoms with Gasteiger partial charge in [0.05, 0.1) is 34.6 Å². The lowest BCUT2D eigenvalue weighted by atomic mass is 10.2. The molecule has 1 heterocycles. The van der Waals surface area contributed by atoms with Gasteiger partial charge in [0.2, 0.25) is 5.91 Å². The van der Waals surface area contributed by atoms with Crippen LogP contribution in [0.4, 0.5) is 0 Å². The van der Waals surface area contributed by atoms with Crippen LogP contribution >= 0.6 is 11.3 Å². The summed E-state index contributed by atoms with van der Waals surface area (Å²) in [6, 6.07) is 12.2. The van der Waals surface area contributed by atoms with Crippen LogP contribution in [0.15, 0.2) is 52.4 Å². The number of aromatic nitrogens is 1. The number of rotatable bonds is 9.